The van der Waals surface area contributed by atoms with Crippen LogP contribution >= 0.6 is 11.6 Å². The summed E-state index contributed by atoms with van der Waals surface area (Å²) in [5.74, 6) is 0.0614. The second-order valence-corrected chi connectivity index (χ2v) is 5.60. The van der Waals surface area contributed by atoms with E-state index in [0.717, 1.165) is 5.69 Å². The quantitative estimate of drug-likeness (QED) is 0.734. The summed E-state index contributed by atoms with van der Waals surface area (Å²) < 4.78 is 5.64. The van der Waals surface area contributed by atoms with Gasteiger partial charge in [-0.1, -0.05) is 17.7 Å². The summed E-state index contributed by atoms with van der Waals surface area (Å²) in [4.78, 5) is 27.2. The number of halogens is 1. The number of aromatic nitrogens is 1. The molecule has 3 amide bonds. The highest BCUT2D eigenvalue weighted by Gasteiger charge is 2.15. The number of amides is 3. The molecule has 0 bridgehead atoms. The fraction of sp³-hybridized carbons (Fsp3) is 0.235. The molecule has 0 aliphatic carbocycles. The van der Waals surface area contributed by atoms with Crippen LogP contribution in [0.4, 0.5) is 10.5 Å². The van der Waals surface area contributed by atoms with Gasteiger partial charge >= 0.3 is 6.03 Å². The Bertz CT molecular complexity index is 740. The first-order valence-electron chi connectivity index (χ1n) is 7.61. The lowest BCUT2D eigenvalue weighted by molar-refractivity contribution is -0.120. The van der Waals surface area contributed by atoms with Crippen LogP contribution in [-0.2, 0) is 11.4 Å². The van der Waals surface area contributed by atoms with E-state index in [4.69, 9.17) is 16.3 Å². The number of hydrogen-bond acceptors (Lipinski definition) is 5. The molecule has 0 unspecified atom stereocenters. The average Bonchev–Trinajstić information content (AvgIpc) is 2.61. The van der Waals surface area contributed by atoms with Crippen molar-refractivity contribution in [1.29, 1.82) is 0 Å². The number of benzene rings is 1. The van der Waals surface area contributed by atoms with Gasteiger partial charge in [0.25, 0.3) is 0 Å². The number of rotatable bonds is 6. The maximum atomic E-state index is 11.8. The molecule has 2 aromatic rings. The minimum Gasteiger partial charge on any atom is -0.486 e. The highest BCUT2D eigenvalue weighted by molar-refractivity contribution is 6.32. The highest BCUT2D eigenvalue weighted by atomic mass is 35.5. The van der Waals surface area contributed by atoms with Crippen LogP contribution in [0.15, 0.2) is 42.6 Å². The van der Waals surface area contributed by atoms with Gasteiger partial charge in [0, 0.05) is 18.9 Å². The van der Waals surface area contributed by atoms with E-state index in [1.54, 1.807) is 31.3 Å². The number of carbonyl (C=O) groups excluding carboxylic acids is 2. The minimum absolute atomic E-state index is 0.304. The summed E-state index contributed by atoms with van der Waals surface area (Å²) in [6, 6.07) is 9.49. The van der Waals surface area contributed by atoms with Crippen LogP contribution in [0, 0.1) is 0 Å². The Morgan fingerprint density at radius 1 is 1.28 bits per heavy atom. The van der Waals surface area contributed by atoms with Crippen LogP contribution in [0.1, 0.15) is 12.6 Å². The van der Waals surface area contributed by atoms with Crippen molar-refractivity contribution in [2.45, 2.75) is 19.6 Å². The van der Waals surface area contributed by atoms with E-state index in [9.17, 15) is 9.59 Å². The van der Waals surface area contributed by atoms with Crippen molar-refractivity contribution in [1.82, 2.24) is 15.6 Å². The molecule has 0 aliphatic rings. The van der Waals surface area contributed by atoms with Gasteiger partial charge in [0.1, 0.15) is 18.4 Å². The smallest absolute Gasteiger partial charge is 0.321 e. The van der Waals surface area contributed by atoms with Crippen LogP contribution in [0.3, 0.4) is 0 Å². The number of pyridine rings is 1. The molecular weight excluding hydrogens is 344 g/mol. The second kappa shape index (κ2) is 8.89. The molecule has 1 heterocycles. The van der Waals surface area contributed by atoms with Gasteiger partial charge in [-0.15, -0.1) is 0 Å². The normalized spacial score (nSPS) is 11.3. The molecule has 0 spiro atoms. The van der Waals surface area contributed by atoms with Crippen molar-refractivity contribution in [3.05, 3.63) is 53.3 Å². The number of nitrogens with zero attached hydrogens (tertiary/aromatic N) is 1. The van der Waals surface area contributed by atoms with Gasteiger partial charge in [-0.3, -0.25) is 15.1 Å². The number of imide groups is 1. The highest BCUT2D eigenvalue weighted by Crippen LogP contribution is 2.28. The first-order valence-corrected chi connectivity index (χ1v) is 7.98. The van der Waals surface area contributed by atoms with Gasteiger partial charge in [-0.2, -0.15) is 0 Å². The average molecular weight is 363 g/mol. The van der Waals surface area contributed by atoms with Crippen LogP contribution in [0.5, 0.6) is 5.75 Å². The lowest BCUT2D eigenvalue weighted by Gasteiger charge is -2.15. The third kappa shape index (κ3) is 5.65. The lowest BCUT2D eigenvalue weighted by atomic mass is 10.2. The van der Waals surface area contributed by atoms with E-state index in [1.165, 1.54) is 7.05 Å². The summed E-state index contributed by atoms with van der Waals surface area (Å²) in [5, 5.41) is 7.89. The number of carbonyl (C=O) groups is 2. The Morgan fingerprint density at radius 2 is 2.08 bits per heavy atom. The molecule has 1 aromatic carbocycles. The molecule has 132 valence electrons. The Kier molecular flexibility index (Phi) is 6.59. The molecule has 0 saturated carbocycles. The van der Waals surface area contributed by atoms with E-state index in [0.29, 0.717) is 23.1 Å². The first-order chi connectivity index (χ1) is 12.0. The topological polar surface area (TPSA) is 92.4 Å². The predicted octanol–water partition coefficient (Wildman–Crippen LogP) is 2.57. The molecule has 3 N–H and O–H groups in total. The van der Waals surface area contributed by atoms with Gasteiger partial charge < -0.3 is 15.4 Å². The van der Waals surface area contributed by atoms with E-state index in [-0.39, 0.29) is 0 Å². The zero-order valence-electron chi connectivity index (χ0n) is 13.9. The molecule has 1 aromatic heterocycles. The fourth-order valence-electron chi connectivity index (χ4n) is 1.94. The van der Waals surface area contributed by atoms with Crippen LogP contribution in [0.25, 0.3) is 0 Å². The third-order valence-corrected chi connectivity index (χ3v) is 3.57. The monoisotopic (exact) mass is 362 g/mol. The molecule has 1 atom stereocenters. The van der Waals surface area contributed by atoms with Crippen molar-refractivity contribution in [2.24, 2.45) is 0 Å². The van der Waals surface area contributed by atoms with E-state index < -0.39 is 18.0 Å². The molecular formula is C17H19ClN4O3. The van der Waals surface area contributed by atoms with Crippen LogP contribution < -0.4 is 20.7 Å². The maximum absolute atomic E-state index is 11.8. The molecule has 0 radical (unpaired) electrons. The number of hydrogen-bond donors (Lipinski definition) is 3. The number of urea groups is 1. The van der Waals surface area contributed by atoms with Gasteiger partial charge in [0.15, 0.2) is 0 Å². The summed E-state index contributed by atoms with van der Waals surface area (Å²) in [6.45, 7) is 1.94. The van der Waals surface area contributed by atoms with Crippen molar-refractivity contribution in [3.63, 3.8) is 0 Å². The Balaban J connectivity index is 1.94. The molecule has 2 rings (SSSR count). The number of ether oxygens (including phenoxy) is 1. The molecule has 0 saturated heterocycles. The van der Waals surface area contributed by atoms with Crippen molar-refractivity contribution in [3.8, 4) is 5.75 Å². The summed E-state index contributed by atoms with van der Waals surface area (Å²) >= 11 is 6.22. The van der Waals surface area contributed by atoms with Gasteiger partial charge in [0.2, 0.25) is 5.91 Å². The largest absolute Gasteiger partial charge is 0.486 e. The fourth-order valence-corrected chi connectivity index (χ4v) is 2.18. The summed E-state index contributed by atoms with van der Waals surface area (Å²) in [6.07, 6.45) is 1.69. The Labute approximate surface area is 150 Å². The Hall–Kier alpha value is -2.80. The first kappa shape index (κ1) is 18.5. The molecule has 25 heavy (non-hydrogen) atoms. The summed E-state index contributed by atoms with van der Waals surface area (Å²) in [5.41, 5.74) is 1.43. The standard InChI is InChI=1S/C17H19ClN4O3/c1-11(16(23)22-17(24)19-2)21-12-6-7-15(14(18)9-12)25-10-13-5-3-4-8-20-13/h3-9,11,21H,10H2,1-2H3,(H2,19,22,23,24)/t11-/m1/s1. The third-order valence-electron chi connectivity index (χ3n) is 3.27. The molecule has 8 heteroatoms. The van der Waals surface area contributed by atoms with Crippen molar-refractivity contribution in [2.75, 3.05) is 12.4 Å². The van der Waals surface area contributed by atoms with Crippen molar-refractivity contribution >= 4 is 29.2 Å². The van der Waals surface area contributed by atoms with Crippen LogP contribution in [-0.4, -0.2) is 30.0 Å². The lowest BCUT2D eigenvalue weighted by Crippen LogP contribution is -2.44. The summed E-state index contributed by atoms with van der Waals surface area (Å²) in [7, 11) is 1.43. The number of anilines is 1. The Morgan fingerprint density at radius 3 is 2.72 bits per heavy atom. The van der Waals surface area contributed by atoms with Gasteiger partial charge in [-0.25, -0.2) is 4.79 Å². The zero-order valence-corrected chi connectivity index (χ0v) is 14.6. The zero-order chi connectivity index (χ0) is 18.2. The number of nitrogens with one attached hydrogen (secondary N) is 3. The molecule has 7 nitrogen and oxygen atoms in total. The van der Waals surface area contributed by atoms with Crippen molar-refractivity contribution < 1.29 is 14.3 Å². The van der Waals surface area contributed by atoms with E-state index >= 15 is 0 Å². The minimum atomic E-state index is -0.617. The maximum Gasteiger partial charge on any atom is 0.321 e. The van der Waals surface area contributed by atoms with Gasteiger partial charge in [-0.05, 0) is 37.3 Å². The molecule has 0 fully saturated rings. The second-order valence-electron chi connectivity index (χ2n) is 5.19. The van der Waals surface area contributed by atoms with E-state index in [1.807, 2.05) is 18.2 Å². The van der Waals surface area contributed by atoms with Gasteiger partial charge in [0.05, 0.1) is 10.7 Å². The SMILES string of the molecule is CNC(=O)NC(=O)[C@@H](C)Nc1ccc(OCc2ccccn2)c(Cl)c1. The van der Waals surface area contributed by atoms with Crippen LogP contribution in [0.2, 0.25) is 5.02 Å². The van der Waals surface area contributed by atoms with E-state index in [2.05, 4.69) is 20.9 Å². The predicted molar refractivity (Wildman–Crippen MR) is 95.7 cm³/mol. The molecule has 0 aliphatic heterocycles.